The van der Waals surface area contributed by atoms with Crippen LogP contribution >= 0.6 is 0 Å². The van der Waals surface area contributed by atoms with E-state index in [1.165, 1.54) is 0 Å². The Morgan fingerprint density at radius 2 is 2.07 bits per heavy atom. The molecule has 0 bridgehead atoms. The van der Waals surface area contributed by atoms with Crippen LogP contribution in [0.25, 0.3) is 0 Å². The number of para-hydroxylation sites is 1. The number of ether oxygens (including phenoxy) is 1. The van der Waals surface area contributed by atoms with Crippen LogP contribution < -0.4 is 4.74 Å². The molecule has 14 heavy (non-hydrogen) atoms. The lowest BCUT2D eigenvalue weighted by molar-refractivity contribution is 0.144. The molecule has 0 radical (unpaired) electrons. The monoisotopic (exact) mass is 192 g/mol. The van der Waals surface area contributed by atoms with Crippen LogP contribution in [0, 0.1) is 11.8 Å². The molecule has 2 heteroatoms. The van der Waals surface area contributed by atoms with Crippen LogP contribution in [0.4, 0.5) is 0 Å². The van der Waals surface area contributed by atoms with Crippen LogP contribution in [0.1, 0.15) is 25.0 Å². The van der Waals surface area contributed by atoms with Crippen molar-refractivity contribution in [3.63, 3.8) is 0 Å². The van der Waals surface area contributed by atoms with Crippen molar-refractivity contribution in [3.8, 4) is 5.75 Å². The van der Waals surface area contributed by atoms with E-state index in [-0.39, 0.29) is 6.10 Å². The largest absolute Gasteiger partial charge is 0.496 e. The molecule has 2 nitrogen and oxygen atoms in total. The Labute approximate surface area is 84.5 Å². The summed E-state index contributed by atoms with van der Waals surface area (Å²) in [5.74, 6) is 1.86. The molecule has 0 saturated heterocycles. The first kappa shape index (κ1) is 9.53. The smallest absolute Gasteiger partial charge is 0.124 e. The fraction of sp³-hybridized carbons (Fsp3) is 0.500. The summed E-state index contributed by atoms with van der Waals surface area (Å²) >= 11 is 0. The number of rotatable bonds is 3. The highest BCUT2D eigenvalue weighted by Crippen LogP contribution is 2.48. The molecule has 1 saturated carbocycles. The van der Waals surface area contributed by atoms with Gasteiger partial charge in [0, 0.05) is 5.56 Å². The van der Waals surface area contributed by atoms with E-state index in [0.29, 0.717) is 11.8 Å². The topological polar surface area (TPSA) is 29.5 Å². The van der Waals surface area contributed by atoms with Gasteiger partial charge in [0.05, 0.1) is 13.2 Å². The van der Waals surface area contributed by atoms with Gasteiger partial charge in [-0.25, -0.2) is 0 Å². The molecule has 0 aromatic heterocycles. The van der Waals surface area contributed by atoms with Gasteiger partial charge in [-0.05, 0) is 24.3 Å². The molecule has 2 rings (SSSR count). The maximum absolute atomic E-state index is 10.1. The fourth-order valence-electron chi connectivity index (χ4n) is 1.93. The van der Waals surface area contributed by atoms with E-state index >= 15 is 0 Å². The van der Waals surface area contributed by atoms with E-state index in [1.807, 2.05) is 24.3 Å². The Bertz CT molecular complexity index is 322. The van der Waals surface area contributed by atoms with Crippen molar-refractivity contribution in [2.45, 2.75) is 19.4 Å². The molecule has 0 spiro atoms. The highest BCUT2D eigenvalue weighted by atomic mass is 16.5. The molecular formula is C12H16O2. The van der Waals surface area contributed by atoms with Crippen molar-refractivity contribution in [1.29, 1.82) is 0 Å². The minimum Gasteiger partial charge on any atom is -0.496 e. The normalized spacial score (nSPS) is 27.1. The molecule has 1 aromatic rings. The Kier molecular flexibility index (Phi) is 2.46. The summed E-state index contributed by atoms with van der Waals surface area (Å²) in [7, 11) is 1.64. The van der Waals surface area contributed by atoms with Gasteiger partial charge in [0.2, 0.25) is 0 Å². The fourth-order valence-corrected chi connectivity index (χ4v) is 1.93. The summed E-state index contributed by atoms with van der Waals surface area (Å²) in [6, 6.07) is 7.69. The molecule has 1 aliphatic rings. The van der Waals surface area contributed by atoms with Gasteiger partial charge in [-0.1, -0.05) is 25.1 Å². The van der Waals surface area contributed by atoms with Gasteiger partial charge >= 0.3 is 0 Å². The summed E-state index contributed by atoms with van der Waals surface area (Å²) in [5, 5.41) is 10.1. The summed E-state index contributed by atoms with van der Waals surface area (Å²) in [6.45, 7) is 2.17. The Morgan fingerprint density at radius 3 is 2.64 bits per heavy atom. The molecule has 0 aliphatic heterocycles. The van der Waals surface area contributed by atoms with Crippen molar-refractivity contribution in [2.24, 2.45) is 11.8 Å². The third-order valence-corrected chi connectivity index (χ3v) is 3.03. The zero-order chi connectivity index (χ0) is 10.1. The van der Waals surface area contributed by atoms with Crippen LogP contribution in [0.15, 0.2) is 24.3 Å². The first-order valence-electron chi connectivity index (χ1n) is 5.05. The van der Waals surface area contributed by atoms with Crippen LogP contribution in [-0.2, 0) is 0 Å². The predicted molar refractivity (Wildman–Crippen MR) is 55.2 cm³/mol. The van der Waals surface area contributed by atoms with E-state index in [0.717, 1.165) is 17.7 Å². The van der Waals surface area contributed by atoms with Crippen molar-refractivity contribution in [1.82, 2.24) is 0 Å². The predicted octanol–water partition coefficient (Wildman–Crippen LogP) is 2.38. The van der Waals surface area contributed by atoms with E-state index in [2.05, 4.69) is 6.92 Å². The molecule has 1 aromatic carbocycles. The lowest BCUT2D eigenvalue weighted by atomic mass is 10.0. The van der Waals surface area contributed by atoms with Crippen molar-refractivity contribution in [2.75, 3.05) is 7.11 Å². The SMILES string of the molecule is COc1ccccc1C(O)C1CC1C. The summed E-state index contributed by atoms with van der Waals surface area (Å²) in [5.41, 5.74) is 0.921. The lowest BCUT2D eigenvalue weighted by Gasteiger charge is -2.13. The standard InChI is InChI=1S/C12H16O2/c1-8-7-10(8)12(13)9-5-3-4-6-11(9)14-2/h3-6,8,10,12-13H,7H2,1-2H3. The Morgan fingerprint density at radius 1 is 1.43 bits per heavy atom. The second kappa shape index (κ2) is 3.62. The zero-order valence-electron chi connectivity index (χ0n) is 8.60. The van der Waals surface area contributed by atoms with Crippen LogP contribution in [0.3, 0.4) is 0 Å². The number of methoxy groups -OCH3 is 1. The number of hydrogen-bond acceptors (Lipinski definition) is 2. The van der Waals surface area contributed by atoms with E-state index < -0.39 is 0 Å². The van der Waals surface area contributed by atoms with Crippen molar-refractivity contribution in [3.05, 3.63) is 29.8 Å². The molecular weight excluding hydrogens is 176 g/mol. The molecule has 76 valence electrons. The molecule has 0 amide bonds. The second-order valence-electron chi connectivity index (χ2n) is 4.06. The quantitative estimate of drug-likeness (QED) is 0.796. The molecule has 3 atom stereocenters. The Hall–Kier alpha value is -1.02. The minimum atomic E-state index is -0.360. The summed E-state index contributed by atoms with van der Waals surface area (Å²) in [6.07, 6.45) is 0.764. The summed E-state index contributed by atoms with van der Waals surface area (Å²) < 4.78 is 5.22. The van der Waals surface area contributed by atoms with Crippen LogP contribution in [0.5, 0.6) is 5.75 Å². The van der Waals surface area contributed by atoms with Crippen LogP contribution in [-0.4, -0.2) is 12.2 Å². The van der Waals surface area contributed by atoms with Gasteiger partial charge in [0.1, 0.15) is 5.75 Å². The highest BCUT2D eigenvalue weighted by molar-refractivity contribution is 5.36. The average molecular weight is 192 g/mol. The van der Waals surface area contributed by atoms with Gasteiger partial charge in [-0.2, -0.15) is 0 Å². The zero-order valence-corrected chi connectivity index (χ0v) is 8.60. The van der Waals surface area contributed by atoms with E-state index in [9.17, 15) is 5.11 Å². The molecule has 1 N–H and O–H groups in total. The van der Waals surface area contributed by atoms with Gasteiger partial charge in [-0.3, -0.25) is 0 Å². The van der Waals surface area contributed by atoms with Gasteiger partial charge in [0.15, 0.2) is 0 Å². The van der Waals surface area contributed by atoms with Gasteiger partial charge in [-0.15, -0.1) is 0 Å². The number of aliphatic hydroxyl groups is 1. The number of benzene rings is 1. The average Bonchev–Trinajstić information content (AvgIpc) is 2.94. The molecule has 1 fully saturated rings. The maximum Gasteiger partial charge on any atom is 0.124 e. The van der Waals surface area contributed by atoms with Crippen molar-refractivity contribution < 1.29 is 9.84 Å². The van der Waals surface area contributed by atoms with Crippen molar-refractivity contribution >= 4 is 0 Å². The van der Waals surface area contributed by atoms with E-state index in [1.54, 1.807) is 7.11 Å². The first-order chi connectivity index (χ1) is 6.74. The van der Waals surface area contributed by atoms with Crippen LogP contribution in [0.2, 0.25) is 0 Å². The van der Waals surface area contributed by atoms with Gasteiger partial charge in [0.25, 0.3) is 0 Å². The highest BCUT2D eigenvalue weighted by Gasteiger charge is 2.40. The molecule has 1 aliphatic carbocycles. The maximum atomic E-state index is 10.1. The molecule has 3 unspecified atom stereocenters. The first-order valence-corrected chi connectivity index (χ1v) is 5.05. The lowest BCUT2D eigenvalue weighted by Crippen LogP contribution is -2.03. The number of aliphatic hydroxyl groups excluding tert-OH is 1. The summed E-state index contributed by atoms with van der Waals surface area (Å²) in [4.78, 5) is 0. The number of hydrogen-bond donors (Lipinski definition) is 1. The second-order valence-corrected chi connectivity index (χ2v) is 4.06. The third kappa shape index (κ3) is 1.62. The molecule has 0 heterocycles. The van der Waals surface area contributed by atoms with E-state index in [4.69, 9.17) is 4.74 Å². The minimum absolute atomic E-state index is 0.360. The Balaban J connectivity index is 2.22. The van der Waals surface area contributed by atoms with Gasteiger partial charge < -0.3 is 9.84 Å². The third-order valence-electron chi connectivity index (χ3n) is 3.03.